The SMILES string of the molecule is Cc1nn(C2CC(CCCNc3ccc4c(c3)C(=O)N(C3CCC(=O)NC3=O)C4=O)C2)cc1-c1cnc2ccc(N3C[C@H]4C[C@@H]3CN4C)cc2n1. The maximum Gasteiger partial charge on any atom is 0.262 e. The number of imide groups is 2. The van der Waals surface area contributed by atoms with Crippen molar-refractivity contribution in [1.82, 2.24) is 34.9 Å². The van der Waals surface area contributed by atoms with Gasteiger partial charge in [0.2, 0.25) is 11.8 Å². The van der Waals surface area contributed by atoms with Crippen LogP contribution in [0.25, 0.3) is 22.3 Å². The highest BCUT2D eigenvalue weighted by Gasteiger charge is 2.45. The number of nitrogens with one attached hydrogen (secondary N) is 2. The molecule has 1 aliphatic carbocycles. The maximum absolute atomic E-state index is 13.1. The Morgan fingerprint density at radius 2 is 1.75 bits per heavy atom. The number of carbonyl (C=O) groups excluding carboxylic acids is 4. The normalized spacial score (nSPS) is 25.9. The number of amides is 4. The van der Waals surface area contributed by atoms with Gasteiger partial charge in [-0.15, -0.1) is 0 Å². The van der Waals surface area contributed by atoms with E-state index in [0.29, 0.717) is 24.0 Å². The number of rotatable bonds is 9. The first-order chi connectivity index (χ1) is 24.7. The molecule has 262 valence electrons. The predicted molar refractivity (Wildman–Crippen MR) is 190 cm³/mol. The summed E-state index contributed by atoms with van der Waals surface area (Å²) in [5, 5.41) is 10.5. The molecule has 5 aliphatic rings. The monoisotopic (exact) mass is 687 g/mol. The summed E-state index contributed by atoms with van der Waals surface area (Å²) in [6.45, 7) is 4.97. The van der Waals surface area contributed by atoms with E-state index < -0.39 is 23.8 Å². The minimum atomic E-state index is -0.964. The summed E-state index contributed by atoms with van der Waals surface area (Å²) in [5.41, 5.74) is 7.22. The lowest BCUT2D eigenvalue weighted by Crippen LogP contribution is -2.54. The average molecular weight is 688 g/mol. The number of hydrogen-bond acceptors (Lipinski definition) is 10. The van der Waals surface area contributed by atoms with Crippen LogP contribution in [0.4, 0.5) is 11.4 Å². The van der Waals surface area contributed by atoms with Crippen LogP contribution in [0.15, 0.2) is 48.8 Å². The van der Waals surface area contributed by atoms with Gasteiger partial charge in [-0.3, -0.25) is 44.0 Å². The standard InChI is InChI=1S/C38H41N9O4/c1-21-30(33-17-40-31-8-6-24(16-32(31)41-33)45-19-26-15-27(45)18-44(26)2)20-46(43-21)25-12-22(13-25)4-3-11-39-23-5-7-28-29(14-23)38(51)47(37(28)50)34-9-10-35(48)42-36(34)49/h5-8,14,16-17,20,22,25-27,34,39H,3-4,9-13,15,18-19H2,1-2H3,(H,42,48,49)/t22?,25?,26-,27-,34?/m1/s1. The van der Waals surface area contributed by atoms with E-state index >= 15 is 0 Å². The fourth-order valence-corrected chi connectivity index (χ4v) is 8.77. The van der Waals surface area contributed by atoms with Crippen LogP contribution in [0, 0.1) is 12.8 Å². The van der Waals surface area contributed by atoms with E-state index in [1.165, 1.54) is 12.1 Å². The molecule has 1 unspecified atom stereocenters. The minimum Gasteiger partial charge on any atom is -0.385 e. The van der Waals surface area contributed by atoms with Gasteiger partial charge >= 0.3 is 0 Å². The molecule has 9 rings (SSSR count). The Morgan fingerprint density at radius 3 is 2.53 bits per heavy atom. The summed E-state index contributed by atoms with van der Waals surface area (Å²) < 4.78 is 2.11. The Labute approximate surface area is 295 Å². The van der Waals surface area contributed by atoms with E-state index in [2.05, 4.69) is 56.6 Å². The zero-order valence-corrected chi connectivity index (χ0v) is 28.8. The molecule has 13 nitrogen and oxygen atoms in total. The summed E-state index contributed by atoms with van der Waals surface area (Å²) >= 11 is 0. The van der Waals surface area contributed by atoms with E-state index in [9.17, 15) is 19.2 Å². The molecule has 2 aromatic carbocycles. The quantitative estimate of drug-likeness (QED) is 0.196. The van der Waals surface area contributed by atoms with Gasteiger partial charge in [-0.25, -0.2) is 4.98 Å². The molecule has 13 heteroatoms. The number of piperidine rings is 1. The molecular weight excluding hydrogens is 646 g/mol. The molecule has 4 fully saturated rings. The Morgan fingerprint density at radius 1 is 0.902 bits per heavy atom. The fraction of sp³-hybridized carbons (Fsp3) is 0.447. The van der Waals surface area contributed by atoms with Gasteiger partial charge in [0.25, 0.3) is 11.8 Å². The predicted octanol–water partition coefficient (Wildman–Crippen LogP) is 3.94. The molecule has 3 saturated heterocycles. The Kier molecular flexibility index (Phi) is 7.64. The number of carbonyl (C=O) groups is 4. The fourth-order valence-electron chi connectivity index (χ4n) is 8.77. The number of likely N-dealkylation sites (tertiary alicyclic amines) is 1. The zero-order valence-electron chi connectivity index (χ0n) is 28.8. The second-order valence-electron chi connectivity index (χ2n) is 14.9. The van der Waals surface area contributed by atoms with Crippen LogP contribution in [-0.2, 0) is 9.59 Å². The first kappa shape index (κ1) is 31.8. The van der Waals surface area contributed by atoms with E-state index in [4.69, 9.17) is 15.1 Å². The van der Waals surface area contributed by atoms with Gasteiger partial charge in [-0.05, 0) is 94.8 Å². The largest absolute Gasteiger partial charge is 0.385 e. The summed E-state index contributed by atoms with van der Waals surface area (Å²) in [4.78, 5) is 65.8. The first-order valence-corrected chi connectivity index (χ1v) is 18.1. The highest BCUT2D eigenvalue weighted by Crippen LogP contribution is 2.41. The number of benzene rings is 2. The maximum atomic E-state index is 13.1. The number of likely N-dealkylation sites (N-methyl/N-ethyl adjacent to an activating group) is 1. The molecule has 1 saturated carbocycles. The van der Waals surface area contributed by atoms with Crippen molar-refractivity contribution in [3.05, 3.63) is 65.6 Å². The lowest BCUT2D eigenvalue weighted by molar-refractivity contribution is -0.136. The molecule has 4 aromatic rings. The minimum absolute atomic E-state index is 0.0977. The van der Waals surface area contributed by atoms with Crippen molar-refractivity contribution in [3.8, 4) is 11.3 Å². The molecule has 0 radical (unpaired) electrons. The van der Waals surface area contributed by atoms with Crippen molar-refractivity contribution >= 4 is 46.0 Å². The van der Waals surface area contributed by atoms with Crippen LogP contribution in [0.5, 0.6) is 0 Å². The molecule has 51 heavy (non-hydrogen) atoms. The summed E-state index contributed by atoms with van der Waals surface area (Å²) in [6.07, 6.45) is 9.67. The lowest BCUT2D eigenvalue weighted by atomic mass is 9.77. The Hall–Kier alpha value is -5.17. The van der Waals surface area contributed by atoms with Gasteiger partial charge in [0.15, 0.2) is 0 Å². The van der Waals surface area contributed by atoms with Crippen molar-refractivity contribution < 1.29 is 19.2 Å². The van der Waals surface area contributed by atoms with Gasteiger partial charge in [-0.1, -0.05) is 0 Å². The van der Waals surface area contributed by atoms with Crippen LogP contribution in [0.1, 0.15) is 77.4 Å². The number of piperazine rings is 1. The van der Waals surface area contributed by atoms with Crippen LogP contribution in [0.3, 0.4) is 0 Å². The van der Waals surface area contributed by atoms with Crippen LogP contribution >= 0.6 is 0 Å². The van der Waals surface area contributed by atoms with Crippen molar-refractivity contribution in [2.45, 2.75) is 76.0 Å². The number of aromatic nitrogens is 4. The Bertz CT molecular complexity index is 2100. The summed E-state index contributed by atoms with van der Waals surface area (Å²) in [6, 6.07) is 12.2. The number of fused-ring (bicyclic) bond motifs is 4. The van der Waals surface area contributed by atoms with Gasteiger partial charge in [0, 0.05) is 61.3 Å². The van der Waals surface area contributed by atoms with Crippen molar-refractivity contribution in [2.75, 3.05) is 36.9 Å². The van der Waals surface area contributed by atoms with Crippen LogP contribution < -0.4 is 15.5 Å². The number of aryl methyl sites for hydroxylation is 1. The molecule has 0 spiro atoms. The molecule has 4 aliphatic heterocycles. The molecule has 2 aromatic heterocycles. The van der Waals surface area contributed by atoms with Crippen molar-refractivity contribution in [3.63, 3.8) is 0 Å². The molecule has 2 bridgehead atoms. The molecule has 2 N–H and O–H groups in total. The molecule has 6 heterocycles. The molecule has 4 amide bonds. The highest BCUT2D eigenvalue weighted by molar-refractivity contribution is 6.23. The van der Waals surface area contributed by atoms with Crippen molar-refractivity contribution in [2.24, 2.45) is 5.92 Å². The number of anilines is 2. The van der Waals surface area contributed by atoms with E-state index in [1.807, 2.05) is 13.1 Å². The third-order valence-electron chi connectivity index (χ3n) is 11.7. The van der Waals surface area contributed by atoms with Gasteiger partial charge in [0.1, 0.15) is 6.04 Å². The van der Waals surface area contributed by atoms with Crippen LogP contribution in [-0.4, -0.2) is 98.0 Å². The Balaban J connectivity index is 0.777. The van der Waals surface area contributed by atoms with Crippen LogP contribution in [0.2, 0.25) is 0 Å². The second-order valence-corrected chi connectivity index (χ2v) is 14.9. The summed E-state index contributed by atoms with van der Waals surface area (Å²) in [5.74, 6) is -1.37. The first-order valence-electron chi connectivity index (χ1n) is 18.1. The van der Waals surface area contributed by atoms with Gasteiger partial charge in [-0.2, -0.15) is 5.10 Å². The average Bonchev–Trinajstić information content (AvgIpc) is 3.85. The topological polar surface area (TPSA) is 146 Å². The smallest absolute Gasteiger partial charge is 0.262 e. The second kappa shape index (κ2) is 12.3. The molecular formula is C38H41N9O4. The van der Waals surface area contributed by atoms with Crippen molar-refractivity contribution in [1.29, 1.82) is 0 Å². The summed E-state index contributed by atoms with van der Waals surface area (Å²) in [7, 11) is 2.22. The zero-order chi connectivity index (χ0) is 35.0. The van der Waals surface area contributed by atoms with Gasteiger partial charge < -0.3 is 10.2 Å². The van der Waals surface area contributed by atoms with E-state index in [0.717, 1.165) is 83.9 Å². The number of nitrogens with zero attached hydrogens (tertiary/aromatic N) is 7. The number of hydrogen-bond donors (Lipinski definition) is 2. The third-order valence-corrected chi connectivity index (χ3v) is 11.7. The van der Waals surface area contributed by atoms with E-state index in [-0.39, 0.29) is 29.9 Å². The third kappa shape index (κ3) is 5.54. The lowest BCUT2D eigenvalue weighted by Gasteiger charge is -2.35. The molecule has 3 atom stereocenters. The highest BCUT2D eigenvalue weighted by atomic mass is 16.2. The van der Waals surface area contributed by atoms with E-state index in [1.54, 1.807) is 18.2 Å². The van der Waals surface area contributed by atoms with Gasteiger partial charge in [0.05, 0.1) is 45.8 Å².